The predicted molar refractivity (Wildman–Crippen MR) is 105 cm³/mol. The maximum absolute atomic E-state index is 12.4. The van der Waals surface area contributed by atoms with Gasteiger partial charge in [0.2, 0.25) is 0 Å². The van der Waals surface area contributed by atoms with E-state index >= 15 is 0 Å². The smallest absolute Gasteiger partial charge is 0.313 e. The number of carbonyl (C=O) groups excluding carboxylic acids is 3. The van der Waals surface area contributed by atoms with E-state index in [1.54, 1.807) is 29.2 Å². The first-order chi connectivity index (χ1) is 13.1. The van der Waals surface area contributed by atoms with Crippen LogP contribution in [-0.4, -0.2) is 35.7 Å². The van der Waals surface area contributed by atoms with Crippen molar-refractivity contribution in [3.63, 3.8) is 0 Å². The number of hydrogen-bond acceptors (Lipinski definition) is 3. The molecule has 140 valence electrons. The summed E-state index contributed by atoms with van der Waals surface area (Å²) in [6.45, 7) is 3.29. The van der Waals surface area contributed by atoms with Gasteiger partial charge < -0.3 is 15.5 Å². The molecule has 2 N–H and O–H groups in total. The summed E-state index contributed by atoms with van der Waals surface area (Å²) >= 11 is 0. The first-order valence-electron chi connectivity index (χ1n) is 9.18. The predicted octanol–water partition coefficient (Wildman–Crippen LogP) is 3.06. The topological polar surface area (TPSA) is 78.5 Å². The second-order valence-electron chi connectivity index (χ2n) is 6.50. The van der Waals surface area contributed by atoms with E-state index in [2.05, 4.69) is 10.6 Å². The molecule has 2 aromatic carbocycles. The van der Waals surface area contributed by atoms with Gasteiger partial charge in [0.1, 0.15) is 0 Å². The van der Waals surface area contributed by atoms with E-state index in [1.165, 1.54) is 0 Å². The Balaban J connectivity index is 1.61. The van der Waals surface area contributed by atoms with Gasteiger partial charge in [-0.2, -0.15) is 0 Å². The van der Waals surface area contributed by atoms with E-state index in [4.69, 9.17) is 0 Å². The molecule has 0 saturated carbocycles. The van der Waals surface area contributed by atoms with Crippen molar-refractivity contribution in [2.24, 2.45) is 0 Å². The van der Waals surface area contributed by atoms with Crippen LogP contribution >= 0.6 is 0 Å². The van der Waals surface area contributed by atoms with Gasteiger partial charge in [-0.3, -0.25) is 14.4 Å². The highest BCUT2D eigenvalue weighted by molar-refractivity contribution is 6.39. The molecule has 0 atom stereocenters. The number of para-hydroxylation sites is 1. The first kappa shape index (κ1) is 18.6. The van der Waals surface area contributed by atoms with E-state index in [0.29, 0.717) is 24.3 Å². The van der Waals surface area contributed by atoms with Crippen LogP contribution in [-0.2, 0) is 16.0 Å². The highest BCUT2D eigenvalue weighted by atomic mass is 16.2. The number of nitrogens with zero attached hydrogens (tertiary/aromatic N) is 1. The van der Waals surface area contributed by atoms with Crippen molar-refractivity contribution in [3.8, 4) is 0 Å². The Labute approximate surface area is 158 Å². The van der Waals surface area contributed by atoms with Crippen LogP contribution in [0.2, 0.25) is 0 Å². The number of rotatable bonds is 4. The molecule has 0 aromatic heterocycles. The standard InChI is InChI=1S/C21H23N3O3/c1-2-15-7-3-4-8-18(15)23-19(25)16-9-11-17(12-10-16)22-20(26)21(27)24-13-5-6-14-24/h3-4,7-12H,2,5-6,13-14H2,1H3,(H,22,26)(H,23,25). The minimum atomic E-state index is -0.647. The third kappa shape index (κ3) is 4.53. The van der Waals surface area contributed by atoms with Crippen molar-refractivity contribution in [2.45, 2.75) is 26.2 Å². The molecule has 0 unspecified atom stereocenters. The maximum Gasteiger partial charge on any atom is 0.313 e. The molecular formula is C21H23N3O3. The van der Waals surface area contributed by atoms with Gasteiger partial charge in [0.05, 0.1) is 0 Å². The van der Waals surface area contributed by atoms with Gasteiger partial charge in [0.15, 0.2) is 0 Å². The van der Waals surface area contributed by atoms with Crippen LogP contribution in [0, 0.1) is 0 Å². The number of nitrogens with one attached hydrogen (secondary N) is 2. The maximum atomic E-state index is 12.4. The number of benzene rings is 2. The Morgan fingerprint density at radius 2 is 1.59 bits per heavy atom. The molecule has 3 rings (SSSR count). The highest BCUT2D eigenvalue weighted by Gasteiger charge is 2.24. The highest BCUT2D eigenvalue weighted by Crippen LogP contribution is 2.18. The molecule has 1 heterocycles. The first-order valence-corrected chi connectivity index (χ1v) is 9.18. The molecule has 0 spiro atoms. The number of aryl methyl sites for hydroxylation is 1. The zero-order valence-corrected chi connectivity index (χ0v) is 15.3. The average molecular weight is 365 g/mol. The lowest BCUT2D eigenvalue weighted by atomic mass is 10.1. The van der Waals surface area contributed by atoms with Crippen molar-refractivity contribution in [1.82, 2.24) is 4.90 Å². The van der Waals surface area contributed by atoms with Crippen molar-refractivity contribution in [2.75, 3.05) is 23.7 Å². The molecule has 6 heteroatoms. The van der Waals surface area contributed by atoms with Gasteiger partial charge in [0.25, 0.3) is 5.91 Å². The number of amides is 3. The molecule has 0 aliphatic carbocycles. The summed E-state index contributed by atoms with van der Waals surface area (Å²) in [5.41, 5.74) is 2.82. The molecule has 1 aliphatic heterocycles. The molecule has 0 bridgehead atoms. The lowest BCUT2D eigenvalue weighted by Gasteiger charge is -2.14. The zero-order chi connectivity index (χ0) is 19.2. The fourth-order valence-corrected chi connectivity index (χ4v) is 3.10. The molecule has 3 amide bonds. The zero-order valence-electron chi connectivity index (χ0n) is 15.3. The average Bonchev–Trinajstić information content (AvgIpc) is 3.23. The van der Waals surface area contributed by atoms with Gasteiger partial charge in [-0.15, -0.1) is 0 Å². The fourth-order valence-electron chi connectivity index (χ4n) is 3.10. The van der Waals surface area contributed by atoms with E-state index in [-0.39, 0.29) is 5.91 Å². The molecular weight excluding hydrogens is 342 g/mol. The summed E-state index contributed by atoms with van der Waals surface area (Å²) in [6, 6.07) is 14.2. The number of carbonyl (C=O) groups is 3. The normalized spacial score (nSPS) is 13.3. The minimum Gasteiger partial charge on any atom is -0.334 e. The van der Waals surface area contributed by atoms with Gasteiger partial charge in [-0.05, 0) is 55.2 Å². The Hall–Kier alpha value is -3.15. The molecule has 1 saturated heterocycles. The van der Waals surface area contributed by atoms with E-state index in [0.717, 1.165) is 30.5 Å². The largest absolute Gasteiger partial charge is 0.334 e. The van der Waals surface area contributed by atoms with Crippen molar-refractivity contribution in [1.29, 1.82) is 0 Å². The quantitative estimate of drug-likeness (QED) is 0.818. The van der Waals surface area contributed by atoms with Crippen LogP contribution < -0.4 is 10.6 Å². The molecule has 0 radical (unpaired) electrons. The van der Waals surface area contributed by atoms with Crippen LogP contribution in [0.5, 0.6) is 0 Å². The van der Waals surface area contributed by atoms with Crippen molar-refractivity contribution in [3.05, 3.63) is 59.7 Å². The van der Waals surface area contributed by atoms with Gasteiger partial charge >= 0.3 is 11.8 Å². The molecule has 6 nitrogen and oxygen atoms in total. The lowest BCUT2D eigenvalue weighted by Crippen LogP contribution is -2.37. The van der Waals surface area contributed by atoms with E-state index in [1.807, 2.05) is 31.2 Å². The van der Waals surface area contributed by atoms with Crippen molar-refractivity contribution >= 4 is 29.1 Å². The molecule has 1 aliphatic rings. The Morgan fingerprint density at radius 3 is 2.26 bits per heavy atom. The summed E-state index contributed by atoms with van der Waals surface area (Å²) in [4.78, 5) is 38.1. The molecule has 1 fully saturated rings. The summed E-state index contributed by atoms with van der Waals surface area (Å²) in [5, 5.41) is 5.50. The summed E-state index contributed by atoms with van der Waals surface area (Å²) in [6.07, 6.45) is 2.69. The van der Waals surface area contributed by atoms with Crippen molar-refractivity contribution < 1.29 is 14.4 Å². The minimum absolute atomic E-state index is 0.220. The molecule has 27 heavy (non-hydrogen) atoms. The second-order valence-corrected chi connectivity index (χ2v) is 6.50. The monoisotopic (exact) mass is 365 g/mol. The van der Waals surface area contributed by atoms with E-state index < -0.39 is 11.8 Å². The van der Waals surface area contributed by atoms with Gasteiger partial charge in [-0.25, -0.2) is 0 Å². The van der Waals surface area contributed by atoms with Gasteiger partial charge in [-0.1, -0.05) is 25.1 Å². The third-order valence-corrected chi connectivity index (χ3v) is 4.64. The van der Waals surface area contributed by atoms with E-state index in [9.17, 15) is 14.4 Å². The van der Waals surface area contributed by atoms with Crippen LogP contribution in [0.4, 0.5) is 11.4 Å². The molecule has 2 aromatic rings. The van der Waals surface area contributed by atoms with Crippen LogP contribution in [0.15, 0.2) is 48.5 Å². The second kappa shape index (κ2) is 8.49. The van der Waals surface area contributed by atoms with Crippen LogP contribution in [0.3, 0.4) is 0 Å². The number of anilines is 2. The summed E-state index contributed by atoms with van der Waals surface area (Å²) < 4.78 is 0. The number of hydrogen-bond donors (Lipinski definition) is 2. The fraction of sp³-hybridized carbons (Fsp3) is 0.286. The third-order valence-electron chi connectivity index (χ3n) is 4.64. The Kier molecular flexibility index (Phi) is 5.86. The Morgan fingerprint density at radius 1 is 0.926 bits per heavy atom. The number of likely N-dealkylation sites (tertiary alicyclic amines) is 1. The lowest BCUT2D eigenvalue weighted by molar-refractivity contribution is -0.142. The van der Waals surface area contributed by atoms with Gasteiger partial charge in [0, 0.05) is 30.0 Å². The Bertz CT molecular complexity index is 840. The summed E-state index contributed by atoms with van der Waals surface area (Å²) in [5.74, 6) is -1.38. The SMILES string of the molecule is CCc1ccccc1NC(=O)c1ccc(NC(=O)C(=O)N2CCCC2)cc1. The van der Waals surface area contributed by atoms with Crippen LogP contribution in [0.25, 0.3) is 0 Å². The van der Waals surface area contributed by atoms with Crippen LogP contribution in [0.1, 0.15) is 35.7 Å². The summed E-state index contributed by atoms with van der Waals surface area (Å²) in [7, 11) is 0.